The first-order chi connectivity index (χ1) is 9.02. The molecule has 96 valence electrons. The second kappa shape index (κ2) is 5.43. The van der Waals surface area contributed by atoms with Gasteiger partial charge in [0.25, 0.3) is 0 Å². The summed E-state index contributed by atoms with van der Waals surface area (Å²) >= 11 is 11.8. The summed E-state index contributed by atoms with van der Waals surface area (Å²) in [4.78, 5) is 16.2. The largest absolute Gasteiger partial charge is 0.340 e. The molecule has 1 atom stereocenters. The van der Waals surface area contributed by atoms with Crippen molar-refractivity contribution in [3.8, 4) is 6.07 Å². The molecule has 1 aromatic carbocycles. The number of benzene rings is 1. The fraction of sp³-hybridized carbons (Fsp3) is 0.154. The maximum atomic E-state index is 12.2. The standard InChI is InChI=1S/C13H9Cl2N3O/c1-18-6-12(17-7-18)13(19)10(5-16)9-3-2-8(14)4-11(9)15/h2-4,6-7,10H,1H3. The number of carbonyl (C=O) groups excluding carboxylic acids is 1. The minimum Gasteiger partial charge on any atom is -0.340 e. The molecule has 0 aliphatic rings. The maximum absolute atomic E-state index is 12.2. The molecule has 4 nitrogen and oxygen atoms in total. The van der Waals surface area contributed by atoms with Gasteiger partial charge < -0.3 is 4.57 Å². The van der Waals surface area contributed by atoms with E-state index in [1.54, 1.807) is 29.9 Å². The van der Waals surface area contributed by atoms with Crippen LogP contribution in [0.15, 0.2) is 30.7 Å². The molecule has 0 spiro atoms. The van der Waals surface area contributed by atoms with Gasteiger partial charge in [0, 0.05) is 23.3 Å². The molecule has 0 radical (unpaired) electrons. The number of Topliss-reactive ketones (excluding diaryl/α,β-unsaturated/α-hetero) is 1. The van der Waals surface area contributed by atoms with Gasteiger partial charge >= 0.3 is 0 Å². The number of nitriles is 1. The minimum atomic E-state index is -0.986. The van der Waals surface area contributed by atoms with Crippen LogP contribution in [-0.4, -0.2) is 15.3 Å². The molecule has 1 heterocycles. The van der Waals surface area contributed by atoms with Crippen molar-refractivity contribution in [1.29, 1.82) is 5.26 Å². The zero-order chi connectivity index (χ0) is 14.0. The van der Waals surface area contributed by atoms with Crippen molar-refractivity contribution in [3.63, 3.8) is 0 Å². The zero-order valence-electron chi connectivity index (χ0n) is 9.97. The van der Waals surface area contributed by atoms with Gasteiger partial charge in [0.2, 0.25) is 5.78 Å². The van der Waals surface area contributed by atoms with Crippen LogP contribution in [0.25, 0.3) is 0 Å². The van der Waals surface area contributed by atoms with E-state index in [9.17, 15) is 10.1 Å². The molecule has 0 aliphatic heterocycles. The van der Waals surface area contributed by atoms with Crippen LogP contribution in [0.2, 0.25) is 10.0 Å². The number of imidazole rings is 1. The maximum Gasteiger partial charge on any atom is 0.204 e. The lowest BCUT2D eigenvalue weighted by Gasteiger charge is -2.09. The number of nitrogens with zero attached hydrogens (tertiary/aromatic N) is 3. The number of carbonyl (C=O) groups is 1. The van der Waals surface area contributed by atoms with Crippen LogP contribution in [0.4, 0.5) is 0 Å². The Morgan fingerprint density at radius 1 is 1.47 bits per heavy atom. The van der Waals surface area contributed by atoms with Gasteiger partial charge in [-0.15, -0.1) is 0 Å². The first kappa shape index (κ1) is 13.6. The Bertz CT molecular complexity index is 673. The van der Waals surface area contributed by atoms with Crippen LogP contribution in [0, 0.1) is 11.3 Å². The summed E-state index contributed by atoms with van der Waals surface area (Å²) in [5.41, 5.74) is 0.671. The van der Waals surface area contributed by atoms with Gasteiger partial charge in [-0.2, -0.15) is 5.26 Å². The molecule has 1 aromatic heterocycles. The molecular weight excluding hydrogens is 285 g/mol. The van der Waals surface area contributed by atoms with Crippen molar-refractivity contribution in [1.82, 2.24) is 9.55 Å². The lowest BCUT2D eigenvalue weighted by Crippen LogP contribution is -2.12. The normalized spacial score (nSPS) is 11.9. The first-order valence-electron chi connectivity index (χ1n) is 5.39. The number of hydrogen-bond acceptors (Lipinski definition) is 3. The molecule has 0 N–H and O–H groups in total. The summed E-state index contributed by atoms with van der Waals surface area (Å²) in [5, 5.41) is 9.96. The van der Waals surface area contributed by atoms with Crippen molar-refractivity contribution in [2.24, 2.45) is 7.05 Å². The highest BCUT2D eigenvalue weighted by molar-refractivity contribution is 6.35. The van der Waals surface area contributed by atoms with Crippen LogP contribution in [0.5, 0.6) is 0 Å². The molecule has 2 aromatic rings. The van der Waals surface area contributed by atoms with E-state index < -0.39 is 5.92 Å². The summed E-state index contributed by atoms with van der Waals surface area (Å²) in [5.74, 6) is -1.37. The fourth-order valence-corrected chi connectivity index (χ4v) is 2.21. The van der Waals surface area contributed by atoms with Gasteiger partial charge in [-0.3, -0.25) is 4.79 Å². The van der Waals surface area contributed by atoms with Gasteiger partial charge in [0.1, 0.15) is 11.6 Å². The Kier molecular flexibility index (Phi) is 3.89. The Hall–Kier alpha value is -1.83. The quantitative estimate of drug-likeness (QED) is 0.817. The van der Waals surface area contributed by atoms with Crippen molar-refractivity contribution >= 4 is 29.0 Å². The smallest absolute Gasteiger partial charge is 0.204 e. The monoisotopic (exact) mass is 293 g/mol. The summed E-state index contributed by atoms with van der Waals surface area (Å²) in [6.07, 6.45) is 3.07. The Morgan fingerprint density at radius 3 is 2.74 bits per heavy atom. The SMILES string of the molecule is Cn1cnc(C(=O)C(C#N)c2ccc(Cl)cc2Cl)c1. The fourth-order valence-electron chi connectivity index (χ4n) is 1.69. The number of ketones is 1. The second-order valence-electron chi connectivity index (χ2n) is 4.02. The average molecular weight is 294 g/mol. The van der Waals surface area contributed by atoms with E-state index in [1.807, 2.05) is 6.07 Å². The molecule has 0 amide bonds. The third kappa shape index (κ3) is 2.78. The molecule has 0 bridgehead atoms. The van der Waals surface area contributed by atoms with Crippen LogP contribution >= 0.6 is 23.2 Å². The number of aryl methyl sites for hydroxylation is 1. The highest BCUT2D eigenvalue weighted by Crippen LogP contribution is 2.29. The summed E-state index contributed by atoms with van der Waals surface area (Å²) in [7, 11) is 1.75. The summed E-state index contributed by atoms with van der Waals surface area (Å²) < 4.78 is 1.64. The van der Waals surface area contributed by atoms with Crippen molar-refractivity contribution in [2.45, 2.75) is 5.92 Å². The second-order valence-corrected chi connectivity index (χ2v) is 4.86. The van der Waals surface area contributed by atoms with E-state index in [-0.39, 0.29) is 11.5 Å². The third-order valence-electron chi connectivity index (χ3n) is 2.62. The zero-order valence-corrected chi connectivity index (χ0v) is 11.5. The van der Waals surface area contributed by atoms with E-state index in [0.29, 0.717) is 15.6 Å². The number of rotatable bonds is 3. The molecule has 0 saturated carbocycles. The van der Waals surface area contributed by atoms with Gasteiger partial charge in [0.05, 0.1) is 12.4 Å². The Labute approximate surface area is 120 Å². The first-order valence-corrected chi connectivity index (χ1v) is 6.15. The molecule has 6 heteroatoms. The molecular formula is C13H9Cl2N3O. The van der Waals surface area contributed by atoms with Crippen LogP contribution in [0.3, 0.4) is 0 Å². The predicted octanol–water partition coefficient (Wildman–Crippen LogP) is 3.22. The predicted molar refractivity (Wildman–Crippen MR) is 72.4 cm³/mol. The average Bonchev–Trinajstić information content (AvgIpc) is 2.79. The molecule has 0 saturated heterocycles. The molecule has 2 rings (SSSR count). The Balaban J connectivity index is 2.40. The van der Waals surface area contributed by atoms with Gasteiger partial charge in [-0.05, 0) is 17.7 Å². The lowest BCUT2D eigenvalue weighted by molar-refractivity contribution is 0.0974. The van der Waals surface area contributed by atoms with E-state index in [0.717, 1.165) is 0 Å². The van der Waals surface area contributed by atoms with Crippen molar-refractivity contribution in [2.75, 3.05) is 0 Å². The van der Waals surface area contributed by atoms with Gasteiger partial charge in [-0.1, -0.05) is 29.3 Å². The van der Waals surface area contributed by atoms with Crippen LogP contribution < -0.4 is 0 Å². The van der Waals surface area contributed by atoms with Crippen molar-refractivity contribution < 1.29 is 4.79 Å². The summed E-state index contributed by atoms with van der Waals surface area (Å²) in [6, 6.07) is 6.65. The van der Waals surface area contributed by atoms with Crippen LogP contribution in [0.1, 0.15) is 22.0 Å². The molecule has 19 heavy (non-hydrogen) atoms. The minimum absolute atomic E-state index is 0.236. The molecule has 0 fully saturated rings. The highest BCUT2D eigenvalue weighted by Gasteiger charge is 2.25. The highest BCUT2D eigenvalue weighted by atomic mass is 35.5. The summed E-state index contributed by atoms with van der Waals surface area (Å²) in [6.45, 7) is 0. The molecule has 1 unspecified atom stereocenters. The third-order valence-corrected chi connectivity index (χ3v) is 3.18. The van der Waals surface area contributed by atoms with E-state index in [2.05, 4.69) is 4.98 Å². The van der Waals surface area contributed by atoms with E-state index in [4.69, 9.17) is 23.2 Å². The van der Waals surface area contributed by atoms with E-state index >= 15 is 0 Å². The number of aromatic nitrogens is 2. The number of halogens is 2. The van der Waals surface area contributed by atoms with Crippen molar-refractivity contribution in [3.05, 3.63) is 52.0 Å². The van der Waals surface area contributed by atoms with Gasteiger partial charge in [0.15, 0.2) is 0 Å². The topological polar surface area (TPSA) is 58.7 Å². The lowest BCUT2D eigenvalue weighted by atomic mass is 9.94. The van der Waals surface area contributed by atoms with Crippen LogP contribution in [-0.2, 0) is 7.05 Å². The molecule has 0 aliphatic carbocycles. The van der Waals surface area contributed by atoms with Gasteiger partial charge in [-0.25, -0.2) is 4.98 Å². The number of hydrogen-bond donors (Lipinski definition) is 0. The Morgan fingerprint density at radius 2 is 2.21 bits per heavy atom. The van der Waals surface area contributed by atoms with E-state index in [1.165, 1.54) is 12.4 Å².